The first-order chi connectivity index (χ1) is 12.2. The van der Waals surface area contributed by atoms with Crippen molar-refractivity contribution >= 4 is 11.9 Å². The van der Waals surface area contributed by atoms with Crippen molar-refractivity contribution in [2.45, 2.75) is 38.9 Å². The molecule has 0 fully saturated rings. The average Bonchev–Trinajstić information content (AvgIpc) is 2.60. The van der Waals surface area contributed by atoms with Crippen molar-refractivity contribution in [3.63, 3.8) is 0 Å². The van der Waals surface area contributed by atoms with Gasteiger partial charge in [0.15, 0.2) is 0 Å². The number of ether oxygens (including phenoxy) is 2. The Balaban J connectivity index is 2.41. The smallest absolute Gasteiger partial charge is 0.347 e. The van der Waals surface area contributed by atoms with Crippen molar-refractivity contribution in [1.29, 1.82) is 0 Å². The van der Waals surface area contributed by atoms with Gasteiger partial charge in [0, 0.05) is 0 Å². The van der Waals surface area contributed by atoms with E-state index < -0.39 is 23.1 Å². The average molecular weight is 356 g/mol. The summed E-state index contributed by atoms with van der Waals surface area (Å²) in [6, 6.07) is 14.7. The number of hydrogen-bond donors (Lipinski definition) is 1. The van der Waals surface area contributed by atoms with Crippen LogP contribution in [-0.4, -0.2) is 29.3 Å². The maximum atomic E-state index is 12.5. The van der Waals surface area contributed by atoms with Crippen LogP contribution in [0, 0.1) is 0 Å². The Morgan fingerprint density at radius 2 is 1.46 bits per heavy atom. The Labute approximate surface area is 153 Å². The van der Waals surface area contributed by atoms with Gasteiger partial charge in [-0.2, -0.15) is 0 Å². The molecular weight excluding hydrogens is 332 g/mol. The molecule has 0 spiro atoms. The maximum absolute atomic E-state index is 12.5. The van der Waals surface area contributed by atoms with E-state index in [1.165, 1.54) is 24.3 Å². The van der Waals surface area contributed by atoms with Crippen LogP contribution in [0.1, 0.15) is 49.2 Å². The molecule has 2 aromatic rings. The van der Waals surface area contributed by atoms with E-state index in [1.54, 1.807) is 58.0 Å². The Hall–Kier alpha value is -2.66. The highest BCUT2D eigenvalue weighted by molar-refractivity contribution is 5.90. The van der Waals surface area contributed by atoms with Gasteiger partial charge in [0.05, 0.1) is 12.2 Å². The van der Waals surface area contributed by atoms with Crippen LogP contribution < -0.4 is 0 Å². The normalized spacial score (nSPS) is 13.6. The van der Waals surface area contributed by atoms with E-state index in [1.807, 2.05) is 0 Å². The zero-order valence-electron chi connectivity index (χ0n) is 15.5. The molecule has 0 aliphatic rings. The van der Waals surface area contributed by atoms with E-state index >= 15 is 0 Å². The fourth-order valence-electron chi connectivity index (χ4n) is 2.50. The summed E-state index contributed by atoms with van der Waals surface area (Å²) in [7, 11) is 0. The standard InChI is InChI=1S/C21H24O5/c1-5-25-19(23)21(24,16-9-7-6-8-10-16)17-13-11-15(12-14-17)18(22)26-20(2,3)4/h6-14,24H,5H2,1-4H3. The lowest BCUT2D eigenvalue weighted by Gasteiger charge is -2.27. The summed E-state index contributed by atoms with van der Waals surface area (Å²) in [6.07, 6.45) is 0. The van der Waals surface area contributed by atoms with Gasteiger partial charge in [0.1, 0.15) is 5.60 Å². The van der Waals surface area contributed by atoms with Crippen LogP contribution in [0.5, 0.6) is 0 Å². The monoisotopic (exact) mass is 356 g/mol. The quantitative estimate of drug-likeness (QED) is 0.831. The molecule has 2 rings (SSSR count). The minimum atomic E-state index is -1.95. The molecule has 0 radical (unpaired) electrons. The molecule has 1 unspecified atom stereocenters. The summed E-state index contributed by atoms with van der Waals surface area (Å²) < 4.78 is 10.4. The molecule has 5 nitrogen and oxygen atoms in total. The molecule has 1 atom stereocenters. The molecule has 5 heteroatoms. The molecule has 0 heterocycles. The summed E-state index contributed by atoms with van der Waals surface area (Å²) in [6.45, 7) is 7.18. The van der Waals surface area contributed by atoms with Crippen molar-refractivity contribution in [3.05, 3.63) is 71.3 Å². The maximum Gasteiger partial charge on any atom is 0.347 e. The summed E-state index contributed by atoms with van der Waals surface area (Å²) >= 11 is 0. The lowest BCUT2D eigenvalue weighted by Crippen LogP contribution is -2.38. The molecule has 0 saturated carbocycles. The fourth-order valence-corrected chi connectivity index (χ4v) is 2.50. The Bertz CT molecular complexity index is 759. The van der Waals surface area contributed by atoms with Gasteiger partial charge in [0.2, 0.25) is 5.60 Å². The van der Waals surface area contributed by atoms with Crippen molar-refractivity contribution in [1.82, 2.24) is 0 Å². The molecule has 26 heavy (non-hydrogen) atoms. The molecule has 0 saturated heterocycles. The summed E-state index contributed by atoms with van der Waals surface area (Å²) in [4.78, 5) is 24.7. The number of benzene rings is 2. The summed E-state index contributed by atoms with van der Waals surface area (Å²) in [5.74, 6) is -1.24. The van der Waals surface area contributed by atoms with Gasteiger partial charge >= 0.3 is 11.9 Å². The molecular formula is C21H24O5. The van der Waals surface area contributed by atoms with E-state index in [0.717, 1.165) is 0 Å². The molecule has 0 bridgehead atoms. The van der Waals surface area contributed by atoms with Crippen LogP contribution in [0.25, 0.3) is 0 Å². The summed E-state index contributed by atoms with van der Waals surface area (Å²) in [5, 5.41) is 11.2. The zero-order chi connectivity index (χ0) is 19.4. The third kappa shape index (κ3) is 4.29. The minimum absolute atomic E-state index is 0.143. The van der Waals surface area contributed by atoms with Gasteiger partial charge in [-0.3, -0.25) is 0 Å². The van der Waals surface area contributed by atoms with Crippen LogP contribution in [0.2, 0.25) is 0 Å². The van der Waals surface area contributed by atoms with E-state index in [4.69, 9.17) is 9.47 Å². The number of hydrogen-bond acceptors (Lipinski definition) is 5. The van der Waals surface area contributed by atoms with Crippen molar-refractivity contribution in [3.8, 4) is 0 Å². The van der Waals surface area contributed by atoms with Crippen molar-refractivity contribution in [2.75, 3.05) is 6.61 Å². The first-order valence-corrected chi connectivity index (χ1v) is 8.47. The van der Waals surface area contributed by atoms with Crippen LogP contribution in [-0.2, 0) is 19.9 Å². The minimum Gasteiger partial charge on any atom is -0.463 e. The third-order valence-electron chi connectivity index (χ3n) is 3.70. The van der Waals surface area contributed by atoms with Crippen LogP contribution in [0.15, 0.2) is 54.6 Å². The number of aliphatic hydroxyl groups is 1. The Kier molecular flexibility index (Phi) is 5.83. The first-order valence-electron chi connectivity index (χ1n) is 8.47. The molecule has 2 aromatic carbocycles. The molecule has 0 aromatic heterocycles. The van der Waals surface area contributed by atoms with Gasteiger partial charge in [-0.1, -0.05) is 42.5 Å². The highest BCUT2D eigenvalue weighted by Crippen LogP contribution is 2.31. The Morgan fingerprint density at radius 1 is 0.923 bits per heavy atom. The predicted octanol–water partition coefficient (Wildman–Crippen LogP) is 3.44. The fraction of sp³-hybridized carbons (Fsp3) is 0.333. The third-order valence-corrected chi connectivity index (χ3v) is 3.70. The van der Waals surface area contributed by atoms with Crippen LogP contribution in [0.4, 0.5) is 0 Å². The lowest BCUT2D eigenvalue weighted by atomic mass is 9.86. The largest absolute Gasteiger partial charge is 0.463 e. The molecule has 0 aliphatic heterocycles. The number of esters is 2. The second kappa shape index (κ2) is 7.70. The first kappa shape index (κ1) is 19.7. The van der Waals surface area contributed by atoms with E-state index in [2.05, 4.69) is 0 Å². The van der Waals surface area contributed by atoms with Gasteiger partial charge < -0.3 is 14.6 Å². The van der Waals surface area contributed by atoms with Gasteiger partial charge in [-0.15, -0.1) is 0 Å². The zero-order valence-corrected chi connectivity index (χ0v) is 15.5. The summed E-state index contributed by atoms with van der Waals surface area (Å²) in [5.41, 5.74) is -1.52. The topological polar surface area (TPSA) is 72.8 Å². The number of carbonyl (C=O) groups excluding carboxylic acids is 2. The van der Waals surface area contributed by atoms with E-state index in [-0.39, 0.29) is 6.61 Å². The lowest BCUT2D eigenvalue weighted by molar-refractivity contribution is -0.161. The molecule has 0 amide bonds. The highest BCUT2D eigenvalue weighted by Gasteiger charge is 2.41. The second-order valence-corrected chi connectivity index (χ2v) is 6.88. The Morgan fingerprint density at radius 3 is 1.96 bits per heavy atom. The molecule has 1 N–H and O–H groups in total. The number of rotatable bonds is 5. The van der Waals surface area contributed by atoms with E-state index in [9.17, 15) is 14.7 Å². The number of carbonyl (C=O) groups is 2. The van der Waals surface area contributed by atoms with Crippen LogP contribution in [0.3, 0.4) is 0 Å². The van der Waals surface area contributed by atoms with Crippen LogP contribution >= 0.6 is 0 Å². The van der Waals surface area contributed by atoms with Gasteiger partial charge in [-0.25, -0.2) is 9.59 Å². The SMILES string of the molecule is CCOC(=O)C(O)(c1ccccc1)c1ccc(C(=O)OC(C)(C)C)cc1. The molecule has 0 aliphatic carbocycles. The van der Waals surface area contributed by atoms with E-state index in [0.29, 0.717) is 16.7 Å². The predicted molar refractivity (Wildman–Crippen MR) is 97.7 cm³/mol. The second-order valence-electron chi connectivity index (χ2n) is 6.88. The van der Waals surface area contributed by atoms with Crippen molar-refractivity contribution in [2.24, 2.45) is 0 Å². The van der Waals surface area contributed by atoms with Crippen molar-refractivity contribution < 1.29 is 24.2 Å². The highest BCUT2D eigenvalue weighted by atomic mass is 16.6. The molecule has 138 valence electrons. The van der Waals surface area contributed by atoms with Gasteiger partial charge in [-0.05, 0) is 51.0 Å². The van der Waals surface area contributed by atoms with Gasteiger partial charge in [0.25, 0.3) is 0 Å².